The van der Waals surface area contributed by atoms with Crippen LogP contribution in [0, 0.1) is 11.3 Å². The van der Waals surface area contributed by atoms with E-state index in [0.29, 0.717) is 5.41 Å². The van der Waals surface area contributed by atoms with Gasteiger partial charge >= 0.3 is 0 Å². The number of likely N-dealkylation sites (tertiary alicyclic amines) is 1. The Balaban J connectivity index is 0.00000121. The van der Waals surface area contributed by atoms with E-state index < -0.39 is 0 Å². The highest BCUT2D eigenvalue weighted by atomic mass is 15.3. The van der Waals surface area contributed by atoms with Crippen molar-refractivity contribution >= 4 is 0 Å². The monoisotopic (exact) mass is 243 g/mol. The second kappa shape index (κ2) is 7.38. The quantitative estimate of drug-likeness (QED) is 0.748. The number of nitrogens with one attached hydrogen (secondary N) is 1. The van der Waals surface area contributed by atoms with Crippen molar-refractivity contribution in [3.8, 4) is 0 Å². The summed E-state index contributed by atoms with van der Waals surface area (Å²) in [4.78, 5) is 0. The van der Waals surface area contributed by atoms with E-state index in [1.807, 2.05) is 13.8 Å². The summed E-state index contributed by atoms with van der Waals surface area (Å²) in [6.45, 7) is 12.8. The van der Waals surface area contributed by atoms with Gasteiger partial charge in [0, 0.05) is 12.8 Å². The van der Waals surface area contributed by atoms with Gasteiger partial charge in [0.15, 0.2) is 0 Å². The number of nitrogens with zero attached hydrogens (tertiary/aromatic N) is 1. The fourth-order valence-electron chi connectivity index (χ4n) is 2.70. The molecule has 1 aliphatic rings. The minimum Gasteiger partial charge on any atom is -0.328 e. The summed E-state index contributed by atoms with van der Waals surface area (Å²) in [7, 11) is 6.77. The lowest BCUT2D eigenvalue weighted by Crippen LogP contribution is -2.48. The Kier molecular flexibility index (Phi) is 7.34. The van der Waals surface area contributed by atoms with Gasteiger partial charge in [-0.25, -0.2) is 0 Å². The lowest BCUT2D eigenvalue weighted by Gasteiger charge is -2.43. The van der Waals surface area contributed by atoms with Crippen molar-refractivity contribution in [1.29, 1.82) is 0 Å². The van der Waals surface area contributed by atoms with Crippen LogP contribution in [0.25, 0.3) is 0 Å². The van der Waals surface area contributed by atoms with E-state index in [9.17, 15) is 0 Å². The van der Waals surface area contributed by atoms with E-state index in [0.717, 1.165) is 12.5 Å². The van der Waals surface area contributed by atoms with Gasteiger partial charge in [-0.15, -0.1) is 0 Å². The Morgan fingerprint density at radius 3 is 2.00 bits per heavy atom. The normalized spacial score (nSPS) is 20.6. The molecule has 17 heavy (non-hydrogen) atoms. The maximum absolute atomic E-state index is 3.28. The maximum atomic E-state index is 3.28. The predicted molar refractivity (Wildman–Crippen MR) is 78.2 cm³/mol. The van der Waals surface area contributed by atoms with Gasteiger partial charge in [0.05, 0.1) is 27.2 Å². The first-order chi connectivity index (χ1) is 7.87. The Morgan fingerprint density at radius 1 is 1.12 bits per heavy atom. The SMILES string of the molecule is CC.CNCCC(C)(C)C1CC[N+](C)(C)CC1. The minimum absolute atomic E-state index is 0.517. The van der Waals surface area contributed by atoms with Gasteiger partial charge in [-0.05, 0) is 31.3 Å². The van der Waals surface area contributed by atoms with Gasteiger partial charge in [0.25, 0.3) is 0 Å². The topological polar surface area (TPSA) is 12.0 Å². The zero-order valence-corrected chi connectivity index (χ0v) is 13.3. The first-order valence-electron chi connectivity index (χ1n) is 7.34. The summed E-state index contributed by atoms with van der Waals surface area (Å²) >= 11 is 0. The third-order valence-corrected chi connectivity index (χ3v) is 4.29. The van der Waals surface area contributed by atoms with E-state index in [1.165, 1.54) is 36.8 Å². The molecule has 1 heterocycles. The molecule has 1 fully saturated rings. The number of hydrogen-bond donors (Lipinski definition) is 1. The fourth-order valence-corrected chi connectivity index (χ4v) is 2.70. The van der Waals surface area contributed by atoms with E-state index >= 15 is 0 Å². The molecule has 0 aromatic heterocycles. The Morgan fingerprint density at radius 2 is 1.59 bits per heavy atom. The van der Waals surface area contributed by atoms with E-state index in [-0.39, 0.29) is 0 Å². The molecule has 1 saturated heterocycles. The molecule has 0 aliphatic carbocycles. The molecule has 0 spiro atoms. The first-order valence-corrected chi connectivity index (χ1v) is 7.34. The van der Waals surface area contributed by atoms with Crippen LogP contribution in [0.2, 0.25) is 0 Å². The Labute approximate surface area is 109 Å². The third-order valence-electron chi connectivity index (χ3n) is 4.29. The highest BCUT2D eigenvalue weighted by Gasteiger charge is 2.35. The van der Waals surface area contributed by atoms with Crippen molar-refractivity contribution in [2.75, 3.05) is 40.8 Å². The van der Waals surface area contributed by atoms with Crippen molar-refractivity contribution in [2.45, 2.75) is 47.0 Å². The van der Waals surface area contributed by atoms with Crippen molar-refractivity contribution in [3.05, 3.63) is 0 Å². The molecule has 1 rings (SSSR count). The lowest BCUT2D eigenvalue weighted by molar-refractivity contribution is -0.896. The fraction of sp³-hybridized carbons (Fsp3) is 1.00. The smallest absolute Gasteiger partial charge is 0.0785 e. The van der Waals surface area contributed by atoms with E-state index in [2.05, 4.69) is 40.3 Å². The average Bonchev–Trinajstić information content (AvgIpc) is 2.28. The summed E-state index contributed by atoms with van der Waals surface area (Å²) < 4.78 is 1.22. The molecule has 0 radical (unpaired) electrons. The second-order valence-electron chi connectivity index (χ2n) is 6.50. The number of rotatable bonds is 4. The molecule has 0 saturated carbocycles. The van der Waals surface area contributed by atoms with Crippen LogP contribution in [0.5, 0.6) is 0 Å². The predicted octanol–water partition coefficient (Wildman–Crippen LogP) is 3.13. The summed E-state index contributed by atoms with van der Waals surface area (Å²) in [5.74, 6) is 0.928. The van der Waals surface area contributed by atoms with Gasteiger partial charge in [0.2, 0.25) is 0 Å². The standard InChI is InChI=1S/C13H29N2.C2H6/c1-13(2,8-9-14-3)12-6-10-15(4,5)11-7-12;1-2/h12,14H,6-11H2,1-5H3;1-2H3/q+1;. The highest BCUT2D eigenvalue weighted by Crippen LogP contribution is 2.38. The van der Waals surface area contributed by atoms with Crippen LogP contribution in [0.15, 0.2) is 0 Å². The first kappa shape index (κ1) is 16.9. The molecule has 1 N–H and O–H groups in total. The Hall–Kier alpha value is -0.0800. The molecule has 2 heteroatoms. The number of piperidine rings is 1. The summed E-state index contributed by atoms with van der Waals surface area (Å²) in [5.41, 5.74) is 0.517. The molecule has 1 aliphatic heterocycles. The zero-order valence-electron chi connectivity index (χ0n) is 13.3. The number of hydrogen-bond acceptors (Lipinski definition) is 1. The molecule has 0 unspecified atom stereocenters. The van der Waals surface area contributed by atoms with Crippen molar-refractivity contribution in [3.63, 3.8) is 0 Å². The molecule has 2 nitrogen and oxygen atoms in total. The van der Waals surface area contributed by atoms with Crippen LogP contribution >= 0.6 is 0 Å². The molecule has 0 atom stereocenters. The molecule has 0 amide bonds. The van der Waals surface area contributed by atoms with Crippen LogP contribution in [-0.2, 0) is 0 Å². The van der Waals surface area contributed by atoms with Gasteiger partial charge in [-0.3, -0.25) is 0 Å². The summed E-state index contributed by atoms with van der Waals surface area (Å²) in [6, 6.07) is 0. The largest absolute Gasteiger partial charge is 0.328 e. The van der Waals surface area contributed by atoms with Gasteiger partial charge < -0.3 is 9.80 Å². The van der Waals surface area contributed by atoms with Crippen LogP contribution in [0.3, 0.4) is 0 Å². The van der Waals surface area contributed by atoms with Gasteiger partial charge in [0.1, 0.15) is 0 Å². The van der Waals surface area contributed by atoms with Gasteiger partial charge in [-0.1, -0.05) is 27.7 Å². The van der Waals surface area contributed by atoms with E-state index in [4.69, 9.17) is 0 Å². The number of quaternary nitrogens is 1. The summed E-state index contributed by atoms with van der Waals surface area (Å²) in [5, 5.41) is 3.28. The highest BCUT2D eigenvalue weighted by molar-refractivity contribution is 4.80. The van der Waals surface area contributed by atoms with Crippen LogP contribution < -0.4 is 5.32 Å². The van der Waals surface area contributed by atoms with Crippen LogP contribution in [-0.4, -0.2) is 45.3 Å². The molecule has 0 aromatic carbocycles. The zero-order chi connectivity index (χ0) is 13.5. The Bertz CT molecular complexity index is 187. The molecule has 104 valence electrons. The maximum Gasteiger partial charge on any atom is 0.0785 e. The van der Waals surface area contributed by atoms with Gasteiger partial charge in [-0.2, -0.15) is 0 Å². The van der Waals surface area contributed by atoms with E-state index in [1.54, 1.807) is 0 Å². The van der Waals surface area contributed by atoms with Crippen molar-refractivity contribution in [1.82, 2.24) is 5.32 Å². The van der Waals surface area contributed by atoms with Crippen LogP contribution in [0.1, 0.15) is 47.0 Å². The molecule has 0 aromatic rings. The molecule has 0 bridgehead atoms. The third kappa shape index (κ3) is 5.87. The second-order valence-corrected chi connectivity index (χ2v) is 6.50. The van der Waals surface area contributed by atoms with Crippen molar-refractivity contribution < 1.29 is 4.48 Å². The van der Waals surface area contributed by atoms with Crippen molar-refractivity contribution in [2.24, 2.45) is 11.3 Å². The molecular formula is C15H35N2+. The average molecular weight is 243 g/mol. The lowest BCUT2D eigenvalue weighted by atomic mass is 9.71. The summed E-state index contributed by atoms with van der Waals surface area (Å²) in [6.07, 6.45) is 4.12. The van der Waals surface area contributed by atoms with Crippen LogP contribution in [0.4, 0.5) is 0 Å². The minimum atomic E-state index is 0.517. The molecular weight excluding hydrogens is 208 g/mol.